The van der Waals surface area contributed by atoms with Gasteiger partial charge in [-0.3, -0.25) is 4.79 Å². The van der Waals surface area contributed by atoms with E-state index in [1.807, 2.05) is 30.3 Å². The molecule has 2 aromatic carbocycles. The van der Waals surface area contributed by atoms with Crippen LogP contribution in [0.1, 0.15) is 10.4 Å². The molecular formula is C16H15N5O. The van der Waals surface area contributed by atoms with E-state index in [1.165, 1.54) is 0 Å². The Morgan fingerprint density at radius 2 is 1.95 bits per heavy atom. The molecule has 0 aliphatic carbocycles. The minimum Gasteiger partial charge on any atom is -0.399 e. The second-order valence-corrected chi connectivity index (χ2v) is 4.75. The lowest BCUT2D eigenvalue weighted by Crippen LogP contribution is -2.15. The number of nitrogens with one attached hydrogen (secondary N) is 1. The molecule has 6 heteroatoms. The standard InChI is InChI=1S/C16H15N5O/c17-13-6-4-5-12(9-13)15(22)10-18-16-19-11-21(20-16)14-7-2-1-3-8-14/h1-9,11H,10,17H2,(H,18,20). The number of nitrogens with zero attached hydrogens (tertiary/aromatic N) is 3. The van der Waals surface area contributed by atoms with Crippen LogP contribution in [0.2, 0.25) is 0 Å². The van der Waals surface area contributed by atoms with Crippen molar-refractivity contribution in [2.24, 2.45) is 0 Å². The normalized spacial score (nSPS) is 10.4. The Morgan fingerprint density at radius 1 is 1.14 bits per heavy atom. The van der Waals surface area contributed by atoms with Gasteiger partial charge in [0.25, 0.3) is 0 Å². The third-order valence-electron chi connectivity index (χ3n) is 3.13. The number of anilines is 2. The van der Waals surface area contributed by atoms with Crippen LogP contribution in [0.4, 0.5) is 11.6 Å². The van der Waals surface area contributed by atoms with Gasteiger partial charge in [-0.2, -0.15) is 0 Å². The van der Waals surface area contributed by atoms with Crippen LogP contribution in [0, 0.1) is 0 Å². The number of aromatic nitrogens is 3. The lowest BCUT2D eigenvalue weighted by atomic mass is 10.1. The van der Waals surface area contributed by atoms with E-state index in [1.54, 1.807) is 35.3 Å². The van der Waals surface area contributed by atoms with Crippen molar-refractivity contribution in [2.45, 2.75) is 0 Å². The molecule has 0 saturated heterocycles. The third kappa shape index (κ3) is 3.12. The first-order valence-electron chi connectivity index (χ1n) is 6.82. The lowest BCUT2D eigenvalue weighted by molar-refractivity contribution is 0.101. The molecule has 3 N–H and O–H groups in total. The first-order chi connectivity index (χ1) is 10.7. The fourth-order valence-corrected chi connectivity index (χ4v) is 2.02. The molecule has 0 spiro atoms. The van der Waals surface area contributed by atoms with Gasteiger partial charge in [0.2, 0.25) is 5.95 Å². The summed E-state index contributed by atoms with van der Waals surface area (Å²) >= 11 is 0. The number of hydrogen-bond donors (Lipinski definition) is 2. The second kappa shape index (κ2) is 6.09. The summed E-state index contributed by atoms with van der Waals surface area (Å²) in [5, 5.41) is 7.20. The first kappa shape index (κ1) is 13.8. The van der Waals surface area contributed by atoms with Gasteiger partial charge in [0, 0.05) is 11.3 Å². The smallest absolute Gasteiger partial charge is 0.242 e. The zero-order valence-corrected chi connectivity index (χ0v) is 11.8. The molecule has 0 atom stereocenters. The minimum atomic E-state index is -0.0663. The number of nitrogen functional groups attached to an aromatic ring is 1. The molecule has 6 nitrogen and oxygen atoms in total. The van der Waals surface area contributed by atoms with Crippen molar-refractivity contribution in [3.05, 3.63) is 66.5 Å². The Kier molecular flexibility index (Phi) is 3.82. The molecule has 3 rings (SSSR count). The average molecular weight is 293 g/mol. The summed E-state index contributed by atoms with van der Waals surface area (Å²) in [5.41, 5.74) is 7.71. The maximum Gasteiger partial charge on any atom is 0.242 e. The van der Waals surface area contributed by atoms with E-state index < -0.39 is 0 Å². The summed E-state index contributed by atoms with van der Waals surface area (Å²) in [4.78, 5) is 16.2. The largest absolute Gasteiger partial charge is 0.399 e. The van der Waals surface area contributed by atoms with Crippen LogP contribution in [0.5, 0.6) is 0 Å². The highest BCUT2D eigenvalue weighted by Crippen LogP contribution is 2.09. The predicted molar refractivity (Wildman–Crippen MR) is 85.0 cm³/mol. The number of carbonyl (C=O) groups excluding carboxylic acids is 1. The van der Waals surface area contributed by atoms with Gasteiger partial charge in [-0.1, -0.05) is 30.3 Å². The Morgan fingerprint density at radius 3 is 2.73 bits per heavy atom. The van der Waals surface area contributed by atoms with Crippen LogP contribution in [-0.2, 0) is 0 Å². The second-order valence-electron chi connectivity index (χ2n) is 4.75. The number of Topliss-reactive ketones (excluding diaryl/α,β-unsaturated/α-hetero) is 1. The van der Waals surface area contributed by atoms with Crippen LogP contribution in [0.15, 0.2) is 60.9 Å². The van der Waals surface area contributed by atoms with Gasteiger partial charge >= 0.3 is 0 Å². The highest BCUT2D eigenvalue weighted by atomic mass is 16.1. The van der Waals surface area contributed by atoms with Gasteiger partial charge in [-0.05, 0) is 24.3 Å². The lowest BCUT2D eigenvalue weighted by Gasteiger charge is -2.03. The van der Waals surface area contributed by atoms with Gasteiger partial charge in [-0.15, -0.1) is 5.10 Å². The van der Waals surface area contributed by atoms with Crippen molar-refractivity contribution in [3.63, 3.8) is 0 Å². The molecule has 1 aromatic heterocycles. The number of rotatable bonds is 5. The van der Waals surface area contributed by atoms with Crippen molar-refractivity contribution < 1.29 is 4.79 Å². The fourth-order valence-electron chi connectivity index (χ4n) is 2.02. The van der Waals surface area contributed by atoms with Crippen LogP contribution in [-0.4, -0.2) is 27.1 Å². The highest BCUT2D eigenvalue weighted by Gasteiger charge is 2.08. The number of para-hydroxylation sites is 1. The van der Waals surface area contributed by atoms with Gasteiger partial charge in [-0.25, -0.2) is 9.67 Å². The van der Waals surface area contributed by atoms with Crippen molar-refractivity contribution in [2.75, 3.05) is 17.6 Å². The Bertz CT molecular complexity index is 782. The summed E-state index contributed by atoms with van der Waals surface area (Å²) < 4.78 is 1.65. The maximum atomic E-state index is 12.1. The van der Waals surface area contributed by atoms with E-state index in [9.17, 15) is 4.79 Å². The van der Waals surface area contributed by atoms with Crippen molar-refractivity contribution in [1.82, 2.24) is 14.8 Å². The Labute approximate surface area is 127 Å². The van der Waals surface area contributed by atoms with E-state index in [0.29, 0.717) is 17.2 Å². The molecule has 22 heavy (non-hydrogen) atoms. The van der Waals surface area contributed by atoms with Crippen LogP contribution >= 0.6 is 0 Å². The topological polar surface area (TPSA) is 85.8 Å². The van der Waals surface area contributed by atoms with E-state index in [-0.39, 0.29) is 12.3 Å². The molecule has 0 unspecified atom stereocenters. The fraction of sp³-hybridized carbons (Fsp3) is 0.0625. The van der Waals surface area contributed by atoms with Gasteiger partial charge in [0.15, 0.2) is 5.78 Å². The molecule has 0 fully saturated rings. The summed E-state index contributed by atoms with van der Waals surface area (Å²) in [6.45, 7) is 0.113. The van der Waals surface area contributed by atoms with Crippen LogP contribution in [0.25, 0.3) is 5.69 Å². The number of benzene rings is 2. The first-order valence-corrected chi connectivity index (χ1v) is 6.82. The zero-order valence-electron chi connectivity index (χ0n) is 11.8. The molecule has 1 heterocycles. The summed E-state index contributed by atoms with van der Waals surface area (Å²) in [6.07, 6.45) is 1.60. The highest BCUT2D eigenvalue weighted by molar-refractivity contribution is 5.99. The van der Waals surface area contributed by atoms with Gasteiger partial charge in [0.05, 0.1) is 12.2 Å². The molecule has 0 aliphatic rings. The van der Waals surface area contributed by atoms with E-state index in [2.05, 4.69) is 15.4 Å². The molecule has 3 aromatic rings. The average Bonchev–Trinajstić information content (AvgIpc) is 3.02. The third-order valence-corrected chi connectivity index (χ3v) is 3.13. The summed E-state index contributed by atoms with van der Waals surface area (Å²) in [6, 6.07) is 16.5. The SMILES string of the molecule is Nc1cccc(C(=O)CNc2ncn(-c3ccccc3)n2)c1. The molecular weight excluding hydrogens is 278 g/mol. The summed E-state index contributed by atoms with van der Waals surface area (Å²) in [7, 11) is 0. The van der Waals surface area contributed by atoms with Gasteiger partial charge < -0.3 is 11.1 Å². The number of ketones is 1. The summed E-state index contributed by atoms with van der Waals surface area (Å²) in [5.74, 6) is 0.337. The van der Waals surface area contributed by atoms with E-state index >= 15 is 0 Å². The van der Waals surface area contributed by atoms with Crippen molar-refractivity contribution >= 4 is 17.4 Å². The maximum absolute atomic E-state index is 12.1. The van der Waals surface area contributed by atoms with E-state index in [4.69, 9.17) is 5.73 Å². The number of hydrogen-bond acceptors (Lipinski definition) is 5. The molecule has 0 bridgehead atoms. The van der Waals surface area contributed by atoms with Crippen molar-refractivity contribution in [3.8, 4) is 5.69 Å². The quantitative estimate of drug-likeness (QED) is 0.556. The number of nitrogens with two attached hydrogens (primary N) is 1. The molecule has 0 aliphatic heterocycles. The number of carbonyl (C=O) groups is 1. The molecule has 110 valence electrons. The molecule has 0 amide bonds. The predicted octanol–water partition coefficient (Wildman–Crippen LogP) is 2.14. The van der Waals surface area contributed by atoms with Crippen LogP contribution < -0.4 is 11.1 Å². The van der Waals surface area contributed by atoms with Crippen molar-refractivity contribution in [1.29, 1.82) is 0 Å². The van der Waals surface area contributed by atoms with E-state index in [0.717, 1.165) is 5.69 Å². The minimum absolute atomic E-state index is 0.0663. The molecule has 0 saturated carbocycles. The Hall–Kier alpha value is -3.15. The Balaban J connectivity index is 1.65. The molecule has 0 radical (unpaired) electrons. The zero-order chi connectivity index (χ0) is 15.4. The van der Waals surface area contributed by atoms with Gasteiger partial charge in [0.1, 0.15) is 6.33 Å². The van der Waals surface area contributed by atoms with Crippen LogP contribution in [0.3, 0.4) is 0 Å². The monoisotopic (exact) mass is 293 g/mol.